The lowest BCUT2D eigenvalue weighted by Gasteiger charge is -2.33. The van der Waals surface area contributed by atoms with Crippen LogP contribution in [0, 0.1) is 0 Å². The molecule has 1 saturated carbocycles. The highest BCUT2D eigenvalue weighted by atomic mass is 15.1. The van der Waals surface area contributed by atoms with Crippen molar-refractivity contribution < 1.29 is 5.48 Å². The highest BCUT2D eigenvalue weighted by Crippen LogP contribution is 2.64. The number of hydrogen-bond acceptors (Lipinski definition) is 2. The van der Waals surface area contributed by atoms with Gasteiger partial charge in [-0.25, -0.2) is 0 Å². The van der Waals surface area contributed by atoms with Gasteiger partial charge in [-0.1, -0.05) is 173 Å². The van der Waals surface area contributed by atoms with Gasteiger partial charge in [-0.2, -0.15) is 0 Å². The first-order valence-corrected chi connectivity index (χ1v) is 23.7. The van der Waals surface area contributed by atoms with Gasteiger partial charge < -0.3 is 9.80 Å². The summed E-state index contributed by atoms with van der Waals surface area (Å²) in [5.74, 6) is 0.0245. The minimum Gasteiger partial charge on any atom is -0.310 e. The molecule has 318 valence electrons. The fourth-order valence-corrected chi connectivity index (χ4v) is 12.3. The molecule has 0 radical (unpaired) electrons. The predicted octanol–water partition coefficient (Wildman–Crippen LogP) is 17.3. The number of fused-ring (bicyclic) bond motifs is 13. The van der Waals surface area contributed by atoms with Crippen LogP contribution >= 0.6 is 0 Å². The van der Waals surface area contributed by atoms with E-state index in [9.17, 15) is 5.48 Å². The van der Waals surface area contributed by atoms with Crippen molar-refractivity contribution in [3.05, 3.63) is 251 Å². The zero-order valence-electron chi connectivity index (χ0n) is 41.4. The van der Waals surface area contributed by atoms with E-state index in [-0.39, 0.29) is 41.2 Å². The van der Waals surface area contributed by atoms with Gasteiger partial charge in [-0.3, -0.25) is 0 Å². The summed E-state index contributed by atoms with van der Waals surface area (Å²) < 4.78 is 38.3. The molecule has 0 aromatic heterocycles. The fraction of sp³-hybridized carbons (Fsp3) is 0.156. The van der Waals surface area contributed by atoms with Crippen molar-refractivity contribution in [3.8, 4) is 33.4 Å². The minimum absolute atomic E-state index is 0.00931. The molecule has 0 saturated heterocycles. The normalized spacial score (nSPS) is 17.9. The third-order valence-corrected chi connectivity index (χ3v) is 15.3. The number of nitrogens with zero attached hydrogens (tertiary/aromatic N) is 2. The summed E-state index contributed by atoms with van der Waals surface area (Å²) in [6.45, 7) is 4.68. The first kappa shape index (κ1) is 34.9. The highest BCUT2D eigenvalue weighted by molar-refractivity contribution is 5.98. The van der Waals surface area contributed by atoms with E-state index in [2.05, 4.69) is 176 Å². The molecule has 1 fully saturated rings. The smallest absolute Gasteiger partial charge is 0.0727 e. The van der Waals surface area contributed by atoms with Crippen LogP contribution in [-0.4, -0.2) is 0 Å². The van der Waals surface area contributed by atoms with Crippen molar-refractivity contribution in [2.24, 2.45) is 0 Å². The number of para-hydroxylation sites is 2. The summed E-state index contributed by atoms with van der Waals surface area (Å²) in [4.78, 5) is 4.37. The molecular formula is C64H52N2. The Morgan fingerprint density at radius 2 is 0.758 bits per heavy atom. The Morgan fingerprint density at radius 1 is 0.364 bits per heavy atom. The van der Waals surface area contributed by atoms with Crippen molar-refractivity contribution >= 4 is 34.1 Å². The molecule has 0 bridgehead atoms. The van der Waals surface area contributed by atoms with Crippen LogP contribution in [0.2, 0.25) is 0 Å². The number of rotatable bonds is 7. The summed E-state index contributed by atoms with van der Waals surface area (Å²) in [6, 6.07) is 67.9. The Hall–Kier alpha value is -7.42. The Bertz CT molecular complexity index is 3540. The highest BCUT2D eigenvalue weighted by Gasteiger charge is 2.52. The molecule has 0 amide bonds. The van der Waals surface area contributed by atoms with E-state index in [1.54, 1.807) is 0 Å². The SMILES string of the molecule is [2H]c1c([2H])c(N(c2ccccc2)c2ccc3c(c2)C2(c4ccccc4-c4ccc(N(c5ccccc5)c5ccc6c(c5)C(C)(C)c5ccccc5-6)cc42)c2ccccc2-3)c([2H])c([2H])c1C1CCCCC1. The first-order chi connectivity index (χ1) is 34.2. The molecule has 13 rings (SSSR count). The van der Waals surface area contributed by atoms with Gasteiger partial charge in [0.2, 0.25) is 0 Å². The molecule has 1 spiro atoms. The molecule has 9 aromatic carbocycles. The van der Waals surface area contributed by atoms with E-state index in [1.807, 2.05) is 35.2 Å². The van der Waals surface area contributed by atoms with Gasteiger partial charge in [0.25, 0.3) is 0 Å². The zero-order valence-corrected chi connectivity index (χ0v) is 37.4. The van der Waals surface area contributed by atoms with Crippen LogP contribution in [-0.2, 0) is 10.8 Å². The van der Waals surface area contributed by atoms with Crippen molar-refractivity contribution in [3.63, 3.8) is 0 Å². The van der Waals surface area contributed by atoms with Crippen LogP contribution in [0.3, 0.4) is 0 Å². The zero-order chi connectivity index (χ0) is 47.5. The van der Waals surface area contributed by atoms with Crippen LogP contribution in [0.1, 0.15) is 96.3 Å². The standard InChI is InChI=1S/C64H52N2/c1-63(2)57-27-15-12-24-51(57)54-37-34-48(40-60(54)63)66(46-22-10-5-11-23-46)50-36-39-56-53-26-14-17-29-59(53)64(62(56)42-50)58-28-16-13-25-52(58)55-38-35-49(41-61(55)64)65(45-20-8-4-9-21-45)47-32-30-44(31-33-47)43-18-6-3-7-19-43/h4-5,8-17,20-43H,3,6-7,18-19H2,1-2H3/i30D,31D,32D,33D. The first-order valence-electron chi connectivity index (χ1n) is 25.7. The molecule has 0 aliphatic heterocycles. The summed E-state index contributed by atoms with van der Waals surface area (Å²) in [6.07, 6.45) is 5.01. The topological polar surface area (TPSA) is 6.48 Å². The monoisotopic (exact) mass is 852 g/mol. The summed E-state index contributed by atoms with van der Waals surface area (Å²) in [7, 11) is 0. The third kappa shape index (κ3) is 5.73. The number of benzene rings is 9. The van der Waals surface area contributed by atoms with Crippen LogP contribution in [0.4, 0.5) is 34.1 Å². The van der Waals surface area contributed by atoms with E-state index >= 15 is 0 Å². The molecule has 4 aliphatic carbocycles. The largest absolute Gasteiger partial charge is 0.310 e. The van der Waals surface area contributed by atoms with Gasteiger partial charge in [0, 0.05) is 39.5 Å². The second-order valence-corrected chi connectivity index (χ2v) is 19.1. The number of hydrogen-bond donors (Lipinski definition) is 0. The van der Waals surface area contributed by atoms with Gasteiger partial charge in [-0.15, -0.1) is 0 Å². The van der Waals surface area contributed by atoms with Crippen molar-refractivity contribution in [2.75, 3.05) is 9.80 Å². The summed E-state index contributed by atoms with van der Waals surface area (Å²) in [5.41, 5.74) is 19.4. The van der Waals surface area contributed by atoms with E-state index in [0.29, 0.717) is 5.56 Å². The van der Waals surface area contributed by atoms with E-state index < -0.39 is 5.41 Å². The van der Waals surface area contributed by atoms with Gasteiger partial charge in [-0.05, 0) is 164 Å². The van der Waals surface area contributed by atoms with Crippen LogP contribution in [0.25, 0.3) is 33.4 Å². The van der Waals surface area contributed by atoms with Gasteiger partial charge in [0.1, 0.15) is 0 Å². The maximum atomic E-state index is 9.70. The Balaban J connectivity index is 1.04. The molecule has 9 aromatic rings. The maximum Gasteiger partial charge on any atom is 0.0727 e. The van der Waals surface area contributed by atoms with Crippen molar-refractivity contribution in [1.29, 1.82) is 0 Å². The molecule has 1 atom stereocenters. The predicted molar refractivity (Wildman–Crippen MR) is 275 cm³/mol. The molecule has 0 heterocycles. The van der Waals surface area contributed by atoms with Crippen LogP contribution in [0.5, 0.6) is 0 Å². The van der Waals surface area contributed by atoms with E-state index in [1.165, 1.54) is 55.6 Å². The molecule has 66 heavy (non-hydrogen) atoms. The Morgan fingerprint density at radius 3 is 1.27 bits per heavy atom. The second kappa shape index (κ2) is 15.1. The maximum absolute atomic E-state index is 9.70. The van der Waals surface area contributed by atoms with Gasteiger partial charge >= 0.3 is 0 Å². The molecular weight excluding hydrogens is 797 g/mol. The van der Waals surface area contributed by atoms with Gasteiger partial charge in [0.15, 0.2) is 0 Å². The summed E-state index contributed by atoms with van der Waals surface area (Å²) >= 11 is 0. The quantitative estimate of drug-likeness (QED) is 0.158. The fourth-order valence-electron chi connectivity index (χ4n) is 12.3. The average molecular weight is 853 g/mol. The van der Waals surface area contributed by atoms with E-state index in [4.69, 9.17) is 0 Å². The second-order valence-electron chi connectivity index (χ2n) is 19.1. The van der Waals surface area contributed by atoms with Crippen LogP contribution in [0.15, 0.2) is 212 Å². The summed E-state index contributed by atoms with van der Waals surface area (Å²) in [5, 5.41) is 0. The average Bonchev–Trinajstić information content (AvgIpc) is 3.96. The van der Waals surface area contributed by atoms with Crippen LogP contribution < -0.4 is 9.80 Å². The minimum atomic E-state index is -0.726. The Labute approximate surface area is 395 Å². The number of anilines is 6. The van der Waals surface area contributed by atoms with Crippen molar-refractivity contribution in [2.45, 2.75) is 62.7 Å². The van der Waals surface area contributed by atoms with Gasteiger partial charge in [0.05, 0.1) is 10.9 Å². The molecule has 1 unspecified atom stereocenters. The lowest BCUT2D eigenvalue weighted by molar-refractivity contribution is 0.443. The molecule has 0 N–H and O–H groups in total. The van der Waals surface area contributed by atoms with Crippen molar-refractivity contribution in [1.82, 2.24) is 0 Å². The third-order valence-electron chi connectivity index (χ3n) is 15.3. The lowest BCUT2D eigenvalue weighted by Crippen LogP contribution is -2.26. The lowest BCUT2D eigenvalue weighted by atomic mass is 9.70. The van der Waals surface area contributed by atoms with E-state index in [0.717, 1.165) is 71.7 Å². The Kier molecular flexibility index (Phi) is 7.98. The molecule has 2 nitrogen and oxygen atoms in total. The molecule has 4 aliphatic rings. The molecule has 2 heteroatoms.